The van der Waals surface area contributed by atoms with Gasteiger partial charge < -0.3 is 10.4 Å². The SMILES string of the molecule is Cc1ccc(CC(NCC(O)c2ccncc2)C(C)C)cc1. The lowest BCUT2D eigenvalue weighted by Crippen LogP contribution is -2.38. The second-order valence-corrected chi connectivity index (χ2v) is 6.24. The highest BCUT2D eigenvalue weighted by Gasteiger charge is 2.16. The molecule has 118 valence electrons. The largest absolute Gasteiger partial charge is 0.387 e. The monoisotopic (exact) mass is 298 g/mol. The highest BCUT2D eigenvalue weighted by molar-refractivity contribution is 5.22. The first-order valence-electron chi connectivity index (χ1n) is 7.93. The third-order valence-corrected chi connectivity index (χ3v) is 4.05. The van der Waals surface area contributed by atoms with Gasteiger partial charge in [0.25, 0.3) is 0 Å². The van der Waals surface area contributed by atoms with E-state index < -0.39 is 6.10 Å². The van der Waals surface area contributed by atoms with Crippen LogP contribution in [0.1, 0.15) is 36.6 Å². The average Bonchev–Trinajstić information content (AvgIpc) is 2.53. The minimum absolute atomic E-state index is 0.346. The van der Waals surface area contributed by atoms with Crippen LogP contribution in [-0.4, -0.2) is 22.7 Å². The van der Waals surface area contributed by atoms with Gasteiger partial charge in [-0.05, 0) is 42.5 Å². The molecular formula is C19H26N2O. The van der Waals surface area contributed by atoms with Gasteiger partial charge in [0.2, 0.25) is 0 Å². The Balaban J connectivity index is 1.93. The van der Waals surface area contributed by atoms with E-state index in [4.69, 9.17) is 0 Å². The number of nitrogens with one attached hydrogen (secondary N) is 1. The third kappa shape index (κ3) is 4.93. The van der Waals surface area contributed by atoms with E-state index in [1.54, 1.807) is 12.4 Å². The molecule has 0 fully saturated rings. The van der Waals surface area contributed by atoms with Gasteiger partial charge >= 0.3 is 0 Å². The van der Waals surface area contributed by atoms with Crippen LogP contribution in [0, 0.1) is 12.8 Å². The molecule has 2 rings (SSSR count). The zero-order valence-corrected chi connectivity index (χ0v) is 13.7. The Morgan fingerprint density at radius 2 is 1.68 bits per heavy atom. The van der Waals surface area contributed by atoms with E-state index in [1.807, 2.05) is 12.1 Å². The van der Waals surface area contributed by atoms with Crippen LogP contribution in [0.4, 0.5) is 0 Å². The second kappa shape index (κ2) is 8.06. The van der Waals surface area contributed by atoms with Crippen molar-refractivity contribution in [2.75, 3.05) is 6.54 Å². The van der Waals surface area contributed by atoms with Crippen molar-refractivity contribution in [3.8, 4) is 0 Å². The van der Waals surface area contributed by atoms with Crippen molar-refractivity contribution in [1.82, 2.24) is 10.3 Å². The third-order valence-electron chi connectivity index (χ3n) is 4.05. The smallest absolute Gasteiger partial charge is 0.0915 e. The summed E-state index contributed by atoms with van der Waals surface area (Å²) in [4.78, 5) is 3.98. The number of nitrogens with zero attached hydrogens (tertiary/aromatic N) is 1. The number of pyridine rings is 1. The topological polar surface area (TPSA) is 45.1 Å². The Hall–Kier alpha value is -1.71. The summed E-state index contributed by atoms with van der Waals surface area (Å²) in [6.07, 6.45) is 3.90. The number of aliphatic hydroxyl groups excluding tert-OH is 1. The summed E-state index contributed by atoms with van der Waals surface area (Å²) < 4.78 is 0. The molecule has 0 radical (unpaired) electrons. The highest BCUT2D eigenvalue weighted by Crippen LogP contribution is 2.14. The van der Waals surface area contributed by atoms with E-state index >= 15 is 0 Å². The first kappa shape index (κ1) is 16.7. The average molecular weight is 298 g/mol. The Labute approximate surface area is 133 Å². The minimum Gasteiger partial charge on any atom is -0.387 e. The summed E-state index contributed by atoms with van der Waals surface area (Å²) in [6.45, 7) is 7.08. The molecule has 22 heavy (non-hydrogen) atoms. The highest BCUT2D eigenvalue weighted by atomic mass is 16.3. The summed E-state index contributed by atoms with van der Waals surface area (Å²) >= 11 is 0. The number of hydrogen-bond acceptors (Lipinski definition) is 3. The van der Waals surface area contributed by atoms with Gasteiger partial charge in [-0.1, -0.05) is 43.7 Å². The van der Waals surface area contributed by atoms with E-state index in [2.05, 4.69) is 55.3 Å². The Morgan fingerprint density at radius 1 is 1.05 bits per heavy atom. The van der Waals surface area contributed by atoms with Gasteiger partial charge in [0.15, 0.2) is 0 Å². The molecule has 2 unspecified atom stereocenters. The zero-order valence-electron chi connectivity index (χ0n) is 13.7. The van der Waals surface area contributed by atoms with Gasteiger partial charge in [-0.15, -0.1) is 0 Å². The summed E-state index contributed by atoms with van der Waals surface area (Å²) in [5.41, 5.74) is 3.52. The van der Waals surface area contributed by atoms with Crippen LogP contribution in [0.15, 0.2) is 48.8 Å². The maximum Gasteiger partial charge on any atom is 0.0915 e. The maximum absolute atomic E-state index is 10.3. The fraction of sp³-hybridized carbons (Fsp3) is 0.421. The number of benzene rings is 1. The quantitative estimate of drug-likeness (QED) is 0.824. The summed E-state index contributed by atoms with van der Waals surface area (Å²) in [5.74, 6) is 0.506. The van der Waals surface area contributed by atoms with Crippen molar-refractivity contribution in [3.05, 3.63) is 65.5 Å². The summed E-state index contributed by atoms with van der Waals surface area (Å²) in [6, 6.07) is 12.7. The molecule has 1 aromatic carbocycles. The predicted molar refractivity (Wildman–Crippen MR) is 90.7 cm³/mol. The van der Waals surface area contributed by atoms with E-state index in [0.29, 0.717) is 18.5 Å². The van der Waals surface area contributed by atoms with Crippen LogP contribution < -0.4 is 5.32 Å². The lowest BCUT2D eigenvalue weighted by molar-refractivity contribution is 0.165. The maximum atomic E-state index is 10.3. The normalized spacial score (nSPS) is 14.0. The van der Waals surface area contributed by atoms with Crippen molar-refractivity contribution in [1.29, 1.82) is 0 Å². The zero-order chi connectivity index (χ0) is 15.9. The van der Waals surface area contributed by atoms with Gasteiger partial charge in [0.1, 0.15) is 0 Å². The van der Waals surface area contributed by atoms with Gasteiger partial charge in [-0.3, -0.25) is 4.98 Å². The fourth-order valence-corrected chi connectivity index (χ4v) is 2.49. The molecule has 2 atom stereocenters. The Morgan fingerprint density at radius 3 is 2.27 bits per heavy atom. The van der Waals surface area contributed by atoms with E-state index in [0.717, 1.165) is 12.0 Å². The Kier molecular flexibility index (Phi) is 6.10. The summed E-state index contributed by atoms with van der Waals surface area (Å²) in [7, 11) is 0. The molecular weight excluding hydrogens is 272 g/mol. The lowest BCUT2D eigenvalue weighted by atomic mass is 9.95. The Bertz CT molecular complexity index is 551. The van der Waals surface area contributed by atoms with Crippen LogP contribution in [0.25, 0.3) is 0 Å². The molecule has 0 amide bonds. The van der Waals surface area contributed by atoms with Crippen molar-refractivity contribution >= 4 is 0 Å². The predicted octanol–water partition coefficient (Wildman–Crippen LogP) is 3.28. The number of rotatable bonds is 7. The number of aryl methyl sites for hydroxylation is 1. The van der Waals surface area contributed by atoms with Crippen LogP contribution in [0.3, 0.4) is 0 Å². The van der Waals surface area contributed by atoms with E-state index in [-0.39, 0.29) is 0 Å². The molecule has 0 saturated heterocycles. The minimum atomic E-state index is -0.498. The van der Waals surface area contributed by atoms with Gasteiger partial charge in [-0.2, -0.15) is 0 Å². The number of hydrogen-bond donors (Lipinski definition) is 2. The van der Waals surface area contributed by atoms with Crippen LogP contribution >= 0.6 is 0 Å². The van der Waals surface area contributed by atoms with Crippen molar-refractivity contribution in [3.63, 3.8) is 0 Å². The molecule has 0 saturated carbocycles. The first-order chi connectivity index (χ1) is 10.6. The van der Waals surface area contributed by atoms with Gasteiger partial charge in [0, 0.05) is 25.0 Å². The number of aromatic nitrogens is 1. The van der Waals surface area contributed by atoms with Crippen LogP contribution in [-0.2, 0) is 6.42 Å². The first-order valence-corrected chi connectivity index (χ1v) is 7.93. The molecule has 3 heteroatoms. The molecule has 1 aromatic heterocycles. The molecule has 2 aromatic rings. The summed E-state index contributed by atoms with van der Waals surface area (Å²) in [5, 5.41) is 13.8. The second-order valence-electron chi connectivity index (χ2n) is 6.24. The standard InChI is InChI=1S/C19H26N2O/c1-14(2)18(12-16-6-4-15(3)5-7-16)21-13-19(22)17-8-10-20-11-9-17/h4-11,14,18-19,21-22H,12-13H2,1-3H3. The fourth-order valence-electron chi connectivity index (χ4n) is 2.49. The molecule has 0 spiro atoms. The van der Waals surface area contributed by atoms with Crippen LogP contribution in [0.5, 0.6) is 0 Å². The van der Waals surface area contributed by atoms with E-state index in [1.165, 1.54) is 11.1 Å². The molecule has 0 aliphatic heterocycles. The molecule has 0 aliphatic carbocycles. The van der Waals surface area contributed by atoms with Gasteiger partial charge in [0.05, 0.1) is 6.10 Å². The van der Waals surface area contributed by atoms with Crippen molar-refractivity contribution < 1.29 is 5.11 Å². The molecule has 0 bridgehead atoms. The molecule has 0 aliphatic rings. The van der Waals surface area contributed by atoms with Crippen molar-refractivity contribution in [2.24, 2.45) is 5.92 Å². The lowest BCUT2D eigenvalue weighted by Gasteiger charge is -2.24. The van der Waals surface area contributed by atoms with Crippen LogP contribution in [0.2, 0.25) is 0 Å². The van der Waals surface area contributed by atoms with Gasteiger partial charge in [-0.25, -0.2) is 0 Å². The molecule has 3 nitrogen and oxygen atoms in total. The molecule has 1 heterocycles. The van der Waals surface area contributed by atoms with E-state index in [9.17, 15) is 5.11 Å². The molecule has 2 N–H and O–H groups in total. The van der Waals surface area contributed by atoms with Crippen molar-refractivity contribution in [2.45, 2.75) is 39.3 Å². The number of aliphatic hydroxyl groups is 1.